The zero-order valence-electron chi connectivity index (χ0n) is 12.5. The fourth-order valence-electron chi connectivity index (χ4n) is 2.58. The Bertz CT molecular complexity index is 791. The van der Waals surface area contributed by atoms with Crippen molar-refractivity contribution in [2.45, 2.75) is 27.7 Å². The first-order chi connectivity index (χ1) is 9.95. The van der Waals surface area contributed by atoms with Crippen LogP contribution in [-0.4, -0.2) is 16.6 Å². The summed E-state index contributed by atoms with van der Waals surface area (Å²) in [6.07, 6.45) is 1.84. The van der Waals surface area contributed by atoms with Crippen LogP contribution in [0.15, 0.2) is 27.2 Å². The molecule has 3 heterocycles. The minimum Gasteiger partial charge on any atom is -0.466 e. The lowest BCUT2D eigenvalue weighted by Crippen LogP contribution is -2.13. The van der Waals surface area contributed by atoms with Crippen LogP contribution in [0.2, 0.25) is 0 Å². The van der Waals surface area contributed by atoms with Gasteiger partial charge in [-0.1, -0.05) is 0 Å². The number of hydrazone groups is 1. The monoisotopic (exact) mass is 283 g/mol. The van der Waals surface area contributed by atoms with E-state index in [2.05, 4.69) is 15.5 Å². The Hall–Kier alpha value is -2.56. The van der Waals surface area contributed by atoms with E-state index in [1.54, 1.807) is 0 Å². The van der Waals surface area contributed by atoms with Gasteiger partial charge in [-0.25, -0.2) is 5.43 Å². The van der Waals surface area contributed by atoms with Crippen molar-refractivity contribution in [2.24, 2.45) is 5.10 Å². The van der Waals surface area contributed by atoms with Gasteiger partial charge >= 0.3 is 0 Å². The van der Waals surface area contributed by atoms with Gasteiger partial charge in [0.15, 0.2) is 0 Å². The highest BCUT2D eigenvalue weighted by molar-refractivity contribution is 6.33. The second kappa shape index (κ2) is 4.77. The predicted molar refractivity (Wildman–Crippen MR) is 81.1 cm³/mol. The molecule has 0 atom stereocenters. The normalized spacial score (nSPS) is 16.5. The summed E-state index contributed by atoms with van der Waals surface area (Å²) < 4.78 is 5.53. The number of hydrogen-bond acceptors (Lipinski definition) is 3. The molecule has 0 fully saturated rings. The Morgan fingerprint density at radius 2 is 1.95 bits per heavy atom. The molecule has 2 aromatic heterocycles. The van der Waals surface area contributed by atoms with Gasteiger partial charge in [0.05, 0.1) is 5.57 Å². The third-order valence-corrected chi connectivity index (χ3v) is 3.54. The third-order valence-electron chi connectivity index (χ3n) is 3.54. The van der Waals surface area contributed by atoms with Crippen molar-refractivity contribution < 1.29 is 9.21 Å². The molecule has 5 heteroatoms. The van der Waals surface area contributed by atoms with Crippen LogP contribution in [0.4, 0.5) is 0 Å². The molecule has 0 unspecified atom stereocenters. The van der Waals surface area contributed by atoms with E-state index in [-0.39, 0.29) is 5.91 Å². The highest BCUT2D eigenvalue weighted by Gasteiger charge is 2.27. The number of aryl methyl sites for hydroxylation is 4. The molecule has 21 heavy (non-hydrogen) atoms. The number of carbonyl (C=O) groups is 1. The average molecular weight is 283 g/mol. The largest absolute Gasteiger partial charge is 0.466 e. The highest BCUT2D eigenvalue weighted by atomic mass is 16.3. The van der Waals surface area contributed by atoms with Crippen LogP contribution < -0.4 is 5.43 Å². The second-order valence-electron chi connectivity index (χ2n) is 5.34. The van der Waals surface area contributed by atoms with E-state index in [0.717, 1.165) is 34.0 Å². The Labute approximate surface area is 122 Å². The van der Waals surface area contributed by atoms with Crippen LogP contribution in [-0.2, 0) is 4.79 Å². The summed E-state index contributed by atoms with van der Waals surface area (Å²) in [6.45, 7) is 7.74. The van der Waals surface area contributed by atoms with Crippen molar-refractivity contribution in [1.82, 2.24) is 10.4 Å². The van der Waals surface area contributed by atoms with Gasteiger partial charge in [-0.3, -0.25) is 4.79 Å². The van der Waals surface area contributed by atoms with Crippen LogP contribution in [0.25, 0.3) is 6.08 Å². The van der Waals surface area contributed by atoms with E-state index < -0.39 is 0 Å². The van der Waals surface area contributed by atoms with Gasteiger partial charge in [-0.05, 0) is 51.5 Å². The minimum absolute atomic E-state index is 0.199. The molecule has 1 aliphatic rings. The van der Waals surface area contributed by atoms with Gasteiger partial charge < -0.3 is 9.40 Å². The van der Waals surface area contributed by atoms with Gasteiger partial charge in [0.1, 0.15) is 17.2 Å². The summed E-state index contributed by atoms with van der Waals surface area (Å²) in [5.74, 6) is 1.36. The van der Waals surface area contributed by atoms with Gasteiger partial charge in [0, 0.05) is 17.0 Å². The van der Waals surface area contributed by atoms with Crippen molar-refractivity contribution >= 4 is 17.7 Å². The number of aromatic nitrogens is 1. The highest BCUT2D eigenvalue weighted by Crippen LogP contribution is 2.23. The molecule has 1 aliphatic heterocycles. The summed E-state index contributed by atoms with van der Waals surface area (Å²) in [5.41, 5.74) is 7.62. The molecule has 0 saturated heterocycles. The number of nitrogens with one attached hydrogen (secondary N) is 2. The van der Waals surface area contributed by atoms with Crippen molar-refractivity contribution in [3.63, 3.8) is 0 Å². The Kier molecular flexibility index (Phi) is 3.05. The van der Waals surface area contributed by atoms with Crippen molar-refractivity contribution in [3.05, 3.63) is 51.7 Å². The average Bonchev–Trinajstić information content (AvgIpc) is 3.01. The lowest BCUT2D eigenvalue weighted by Gasteiger charge is -2.00. The molecule has 2 aromatic rings. The topological polar surface area (TPSA) is 70.4 Å². The smallest absolute Gasteiger partial charge is 0.273 e. The Balaban J connectivity index is 2.08. The quantitative estimate of drug-likeness (QED) is 0.832. The first kappa shape index (κ1) is 13.4. The maximum Gasteiger partial charge on any atom is 0.273 e. The SMILES string of the molecule is Cc1cc(C)c(/C=C2\C(=O)NN=C2c2cc(C)oc2C)[nH]1. The summed E-state index contributed by atoms with van der Waals surface area (Å²) in [6, 6.07) is 3.94. The number of carbonyl (C=O) groups excluding carboxylic acids is 1. The van der Waals surface area contributed by atoms with Gasteiger partial charge in [0.25, 0.3) is 5.91 Å². The number of hydrogen-bond donors (Lipinski definition) is 2. The van der Waals surface area contributed by atoms with E-state index >= 15 is 0 Å². The standard InChI is InChI=1S/C16H17N3O2/c1-8-5-9(2)17-14(8)7-13-15(18-19-16(13)20)12-6-10(3)21-11(12)4/h5-7,17H,1-4H3,(H,19,20)/b13-7-. The van der Waals surface area contributed by atoms with Crippen molar-refractivity contribution in [3.8, 4) is 0 Å². The molecule has 1 amide bonds. The predicted octanol–water partition coefficient (Wildman–Crippen LogP) is 2.76. The maximum absolute atomic E-state index is 12.1. The van der Waals surface area contributed by atoms with Gasteiger partial charge in [0.2, 0.25) is 0 Å². The molecule has 0 aromatic carbocycles. The zero-order valence-corrected chi connectivity index (χ0v) is 12.5. The first-order valence-corrected chi connectivity index (χ1v) is 6.79. The van der Waals surface area contributed by atoms with Crippen LogP contribution in [0, 0.1) is 27.7 Å². The number of furan rings is 1. The Morgan fingerprint density at radius 1 is 1.19 bits per heavy atom. The van der Waals surface area contributed by atoms with Gasteiger partial charge in [-0.2, -0.15) is 5.10 Å². The summed E-state index contributed by atoms with van der Waals surface area (Å²) in [5, 5.41) is 4.15. The lowest BCUT2D eigenvalue weighted by molar-refractivity contribution is -0.116. The number of aromatic amines is 1. The minimum atomic E-state index is -0.199. The van der Waals surface area contributed by atoms with E-state index in [4.69, 9.17) is 4.42 Å². The van der Waals surface area contributed by atoms with Crippen LogP contribution >= 0.6 is 0 Å². The zero-order chi connectivity index (χ0) is 15.1. The number of rotatable bonds is 2. The summed E-state index contributed by atoms with van der Waals surface area (Å²) in [4.78, 5) is 15.3. The first-order valence-electron chi connectivity index (χ1n) is 6.79. The molecule has 2 N–H and O–H groups in total. The van der Waals surface area contributed by atoms with E-state index in [9.17, 15) is 4.79 Å². The fraction of sp³-hybridized carbons (Fsp3) is 0.250. The molecule has 3 rings (SSSR count). The molecule has 0 radical (unpaired) electrons. The summed E-state index contributed by atoms with van der Waals surface area (Å²) >= 11 is 0. The fourth-order valence-corrected chi connectivity index (χ4v) is 2.58. The van der Waals surface area contributed by atoms with E-state index in [1.807, 2.05) is 45.9 Å². The summed E-state index contributed by atoms with van der Waals surface area (Å²) in [7, 11) is 0. The number of amides is 1. The Morgan fingerprint density at radius 3 is 2.52 bits per heavy atom. The maximum atomic E-state index is 12.1. The molecular weight excluding hydrogens is 266 g/mol. The molecule has 0 bridgehead atoms. The number of nitrogens with zero attached hydrogens (tertiary/aromatic N) is 1. The van der Waals surface area contributed by atoms with Crippen molar-refractivity contribution in [2.75, 3.05) is 0 Å². The third kappa shape index (κ3) is 2.31. The van der Waals surface area contributed by atoms with Crippen LogP contribution in [0.5, 0.6) is 0 Å². The van der Waals surface area contributed by atoms with Crippen LogP contribution in [0.3, 0.4) is 0 Å². The lowest BCUT2D eigenvalue weighted by atomic mass is 10.0. The van der Waals surface area contributed by atoms with E-state index in [1.165, 1.54) is 0 Å². The van der Waals surface area contributed by atoms with Crippen LogP contribution in [0.1, 0.15) is 34.0 Å². The molecule has 0 saturated carbocycles. The number of H-pyrrole nitrogens is 1. The molecule has 0 aliphatic carbocycles. The van der Waals surface area contributed by atoms with Crippen molar-refractivity contribution in [1.29, 1.82) is 0 Å². The van der Waals surface area contributed by atoms with Gasteiger partial charge in [-0.15, -0.1) is 0 Å². The molecule has 5 nitrogen and oxygen atoms in total. The molecule has 0 spiro atoms. The van der Waals surface area contributed by atoms with E-state index in [0.29, 0.717) is 11.3 Å². The molecular formula is C16H17N3O2. The molecule has 108 valence electrons. The second-order valence-corrected chi connectivity index (χ2v) is 5.34.